The zero-order valence-corrected chi connectivity index (χ0v) is 11.6. The quantitative estimate of drug-likeness (QED) is 0.678. The van der Waals surface area contributed by atoms with Gasteiger partial charge in [0.25, 0.3) is 0 Å². The third-order valence-electron chi connectivity index (χ3n) is 2.81. The van der Waals surface area contributed by atoms with Gasteiger partial charge < -0.3 is 4.90 Å². The fourth-order valence-corrected chi connectivity index (χ4v) is 2.69. The van der Waals surface area contributed by atoms with Gasteiger partial charge in [-0.15, -0.1) is 0 Å². The summed E-state index contributed by atoms with van der Waals surface area (Å²) in [5.74, 6) is 0.302. The van der Waals surface area contributed by atoms with E-state index in [-0.39, 0.29) is 11.1 Å². The first kappa shape index (κ1) is 13.3. The average Bonchev–Trinajstić information content (AvgIpc) is 2.03. The van der Waals surface area contributed by atoms with Crippen molar-refractivity contribution in [3.8, 4) is 0 Å². The number of allylic oxidation sites excluding steroid dienone is 2. The zero-order valence-electron chi connectivity index (χ0n) is 11.6. The number of nitrogens with zero attached hydrogens (tertiary/aromatic N) is 1. The molecule has 0 heterocycles. The Kier molecular flexibility index (Phi) is 3.51. The molecule has 0 N–H and O–H groups in total. The van der Waals surface area contributed by atoms with Gasteiger partial charge >= 0.3 is 0 Å². The van der Waals surface area contributed by atoms with Crippen molar-refractivity contribution in [1.29, 1.82) is 0 Å². The molecule has 0 aliphatic heterocycles. The molecule has 0 unspecified atom stereocenters. The number of Topliss-reactive ketones (excluding diaryl/α,β-unsaturated/α-hetero) is 1. The van der Waals surface area contributed by atoms with Crippen LogP contribution in [0.4, 0.5) is 0 Å². The predicted molar refractivity (Wildman–Crippen MR) is 68.3 cm³/mol. The molecular formula is C14H25NO. The van der Waals surface area contributed by atoms with E-state index in [1.54, 1.807) is 0 Å². The molecule has 0 amide bonds. The van der Waals surface area contributed by atoms with Crippen molar-refractivity contribution >= 4 is 5.78 Å². The number of rotatable bonds is 1. The fraction of sp³-hybridized carbons (Fsp3) is 0.786. The Bertz CT molecular complexity index is 288. The molecule has 0 saturated carbocycles. The van der Waals surface area contributed by atoms with Crippen LogP contribution in [0.1, 0.15) is 60.8 Å². The normalized spacial score (nSPS) is 18.4. The van der Waals surface area contributed by atoms with E-state index in [2.05, 4.69) is 52.5 Å². The maximum atomic E-state index is 12.0. The SMILES string of the molecule is CC(C)(C)N(C1=CCCCC1=O)C(C)(C)C. The molecule has 1 aliphatic rings. The van der Waals surface area contributed by atoms with E-state index in [9.17, 15) is 4.79 Å². The molecule has 0 radical (unpaired) electrons. The molecule has 92 valence electrons. The Balaban J connectivity index is 3.12. The van der Waals surface area contributed by atoms with Crippen molar-refractivity contribution in [2.45, 2.75) is 71.9 Å². The van der Waals surface area contributed by atoms with Crippen molar-refractivity contribution in [2.24, 2.45) is 0 Å². The van der Waals surface area contributed by atoms with E-state index in [0.29, 0.717) is 12.2 Å². The van der Waals surface area contributed by atoms with Gasteiger partial charge in [-0.3, -0.25) is 4.79 Å². The summed E-state index contributed by atoms with van der Waals surface area (Å²) in [5, 5.41) is 0. The van der Waals surface area contributed by atoms with Crippen LogP contribution in [0.2, 0.25) is 0 Å². The summed E-state index contributed by atoms with van der Waals surface area (Å²) < 4.78 is 0. The summed E-state index contributed by atoms with van der Waals surface area (Å²) >= 11 is 0. The van der Waals surface area contributed by atoms with E-state index < -0.39 is 0 Å². The number of carbonyl (C=O) groups is 1. The van der Waals surface area contributed by atoms with Crippen molar-refractivity contribution < 1.29 is 4.79 Å². The highest BCUT2D eigenvalue weighted by Gasteiger charge is 2.35. The van der Waals surface area contributed by atoms with Crippen molar-refractivity contribution in [1.82, 2.24) is 4.90 Å². The van der Waals surface area contributed by atoms with Crippen LogP contribution in [0.15, 0.2) is 11.8 Å². The Labute approximate surface area is 99.7 Å². The van der Waals surface area contributed by atoms with Gasteiger partial charge in [0.1, 0.15) is 0 Å². The number of hydrogen-bond acceptors (Lipinski definition) is 2. The second kappa shape index (κ2) is 4.23. The fourth-order valence-electron chi connectivity index (χ4n) is 2.69. The van der Waals surface area contributed by atoms with Crippen LogP contribution in [-0.2, 0) is 4.79 Å². The molecule has 1 rings (SSSR count). The van der Waals surface area contributed by atoms with E-state index in [1.165, 1.54) is 0 Å². The van der Waals surface area contributed by atoms with E-state index in [4.69, 9.17) is 0 Å². The molecule has 0 saturated heterocycles. The summed E-state index contributed by atoms with van der Waals surface area (Å²) in [6.45, 7) is 13.0. The van der Waals surface area contributed by atoms with Crippen molar-refractivity contribution in [2.75, 3.05) is 0 Å². The van der Waals surface area contributed by atoms with Gasteiger partial charge in [-0.2, -0.15) is 0 Å². The lowest BCUT2D eigenvalue weighted by Crippen LogP contribution is -2.53. The van der Waals surface area contributed by atoms with Crippen LogP contribution in [0.3, 0.4) is 0 Å². The summed E-state index contributed by atoms with van der Waals surface area (Å²) in [6, 6.07) is 0. The van der Waals surface area contributed by atoms with Crippen LogP contribution >= 0.6 is 0 Å². The molecule has 16 heavy (non-hydrogen) atoms. The molecule has 0 bridgehead atoms. The minimum absolute atomic E-state index is 0.0168. The van der Waals surface area contributed by atoms with Gasteiger partial charge in [0.05, 0.1) is 5.70 Å². The Morgan fingerprint density at radius 2 is 1.56 bits per heavy atom. The minimum Gasteiger partial charge on any atom is -0.359 e. The van der Waals surface area contributed by atoms with Gasteiger partial charge in [0.15, 0.2) is 5.78 Å². The molecule has 0 aromatic heterocycles. The third kappa shape index (κ3) is 2.87. The van der Waals surface area contributed by atoms with E-state index >= 15 is 0 Å². The van der Waals surface area contributed by atoms with Crippen LogP contribution < -0.4 is 0 Å². The highest BCUT2D eigenvalue weighted by Crippen LogP contribution is 2.32. The maximum Gasteiger partial charge on any atom is 0.178 e. The van der Waals surface area contributed by atoms with Gasteiger partial charge in [-0.25, -0.2) is 0 Å². The highest BCUT2D eigenvalue weighted by atomic mass is 16.1. The van der Waals surface area contributed by atoms with Gasteiger partial charge in [0.2, 0.25) is 0 Å². The highest BCUT2D eigenvalue weighted by molar-refractivity contribution is 5.95. The summed E-state index contributed by atoms with van der Waals surface area (Å²) in [7, 11) is 0. The first-order valence-electron chi connectivity index (χ1n) is 6.18. The van der Waals surface area contributed by atoms with Gasteiger partial charge in [-0.05, 0) is 54.4 Å². The summed E-state index contributed by atoms with van der Waals surface area (Å²) in [6.07, 6.45) is 4.85. The Morgan fingerprint density at radius 1 is 1.06 bits per heavy atom. The number of carbonyl (C=O) groups excluding carboxylic acids is 1. The Hall–Kier alpha value is -0.790. The maximum absolute atomic E-state index is 12.0. The van der Waals surface area contributed by atoms with Gasteiger partial charge in [0, 0.05) is 17.5 Å². The minimum atomic E-state index is -0.0168. The largest absolute Gasteiger partial charge is 0.359 e. The predicted octanol–water partition coefficient (Wildman–Crippen LogP) is 3.52. The monoisotopic (exact) mass is 223 g/mol. The molecule has 0 fully saturated rings. The number of hydrogen-bond donors (Lipinski definition) is 0. The molecule has 0 aromatic rings. The summed E-state index contributed by atoms with van der Waals surface area (Å²) in [5.41, 5.74) is 0.889. The third-order valence-corrected chi connectivity index (χ3v) is 2.81. The lowest BCUT2D eigenvalue weighted by atomic mass is 9.91. The van der Waals surface area contributed by atoms with Crippen LogP contribution in [-0.4, -0.2) is 21.8 Å². The molecule has 2 heteroatoms. The smallest absolute Gasteiger partial charge is 0.178 e. The zero-order chi connectivity index (χ0) is 12.6. The molecular weight excluding hydrogens is 198 g/mol. The lowest BCUT2D eigenvalue weighted by Gasteiger charge is -2.48. The molecule has 2 nitrogen and oxygen atoms in total. The van der Waals surface area contributed by atoms with Crippen LogP contribution in [0.25, 0.3) is 0 Å². The lowest BCUT2D eigenvalue weighted by molar-refractivity contribution is -0.119. The summed E-state index contributed by atoms with van der Waals surface area (Å²) in [4.78, 5) is 14.3. The second-order valence-corrected chi connectivity index (χ2v) is 6.58. The Morgan fingerprint density at radius 3 is 1.94 bits per heavy atom. The molecule has 0 atom stereocenters. The molecule has 1 aliphatic carbocycles. The van der Waals surface area contributed by atoms with Crippen molar-refractivity contribution in [3.05, 3.63) is 11.8 Å². The second-order valence-electron chi connectivity index (χ2n) is 6.58. The van der Waals surface area contributed by atoms with E-state index in [0.717, 1.165) is 18.5 Å². The molecule has 0 aromatic carbocycles. The van der Waals surface area contributed by atoms with Gasteiger partial charge in [-0.1, -0.05) is 6.08 Å². The van der Waals surface area contributed by atoms with Crippen molar-refractivity contribution in [3.63, 3.8) is 0 Å². The first-order chi connectivity index (χ1) is 7.14. The van der Waals surface area contributed by atoms with Crippen LogP contribution in [0.5, 0.6) is 0 Å². The topological polar surface area (TPSA) is 20.3 Å². The van der Waals surface area contributed by atoms with E-state index in [1.807, 2.05) is 0 Å². The standard InChI is InChI=1S/C14H25NO/c1-13(2,3)15(14(4,5)6)11-9-7-8-10-12(11)16/h9H,7-8,10H2,1-6H3. The average molecular weight is 223 g/mol. The van der Waals surface area contributed by atoms with Crippen LogP contribution in [0, 0.1) is 0 Å². The number of ketones is 1. The molecule has 0 spiro atoms. The first-order valence-corrected chi connectivity index (χ1v) is 6.18.